The summed E-state index contributed by atoms with van der Waals surface area (Å²) in [5.74, 6) is -0.594. The van der Waals surface area contributed by atoms with E-state index in [0.29, 0.717) is 22.4 Å². The van der Waals surface area contributed by atoms with E-state index in [9.17, 15) is 14.0 Å². The van der Waals surface area contributed by atoms with Crippen molar-refractivity contribution in [2.24, 2.45) is 0 Å². The Hall–Kier alpha value is -2.60. The maximum absolute atomic E-state index is 13.7. The number of benzene rings is 2. The van der Waals surface area contributed by atoms with Gasteiger partial charge in [0.15, 0.2) is 0 Å². The van der Waals surface area contributed by atoms with Gasteiger partial charge in [-0.3, -0.25) is 4.79 Å². The molecule has 2 aromatic rings. The number of nitrogens with zero attached hydrogens (tertiary/aromatic N) is 2. The first-order chi connectivity index (χ1) is 12.2. The molecule has 0 heterocycles. The average Bonchev–Trinajstić information content (AvgIpc) is 2.57. The molecule has 1 N–H and O–H groups in total. The molecule has 0 atom stereocenters. The van der Waals surface area contributed by atoms with Crippen LogP contribution in [0.3, 0.4) is 0 Å². The number of nitrogens with one attached hydrogen (secondary N) is 1. The molecule has 0 saturated carbocycles. The Morgan fingerprint density at radius 1 is 1.12 bits per heavy atom. The molecule has 0 bridgehead atoms. The molecule has 5 nitrogen and oxygen atoms in total. The van der Waals surface area contributed by atoms with Gasteiger partial charge in [0.25, 0.3) is 5.91 Å². The van der Waals surface area contributed by atoms with Crippen LogP contribution in [0.2, 0.25) is 5.02 Å². The molecule has 2 aromatic carbocycles. The van der Waals surface area contributed by atoms with Gasteiger partial charge in [-0.15, -0.1) is 0 Å². The molecule has 0 saturated heterocycles. The minimum atomic E-state index is -0.303. The van der Waals surface area contributed by atoms with E-state index in [1.165, 1.54) is 21.9 Å². The number of anilines is 1. The molecule has 3 amide bonds. The highest BCUT2D eigenvalue weighted by Crippen LogP contribution is 2.23. The number of halogens is 2. The predicted molar refractivity (Wildman–Crippen MR) is 101 cm³/mol. The maximum atomic E-state index is 13.7. The van der Waals surface area contributed by atoms with Gasteiger partial charge >= 0.3 is 6.03 Å². The normalized spacial score (nSPS) is 10.4. The van der Waals surface area contributed by atoms with Crippen LogP contribution in [0.4, 0.5) is 14.9 Å². The van der Waals surface area contributed by atoms with Crippen molar-refractivity contribution in [1.82, 2.24) is 9.80 Å². The molecular formula is C19H21ClFN3O2. The Morgan fingerprint density at radius 2 is 1.81 bits per heavy atom. The van der Waals surface area contributed by atoms with E-state index in [1.54, 1.807) is 52.3 Å². The van der Waals surface area contributed by atoms with Crippen LogP contribution < -0.4 is 5.32 Å². The summed E-state index contributed by atoms with van der Waals surface area (Å²) < 4.78 is 13.7. The second-order valence-electron chi connectivity index (χ2n) is 6.26. The first kappa shape index (κ1) is 19.7. The molecule has 0 fully saturated rings. The van der Waals surface area contributed by atoms with Gasteiger partial charge in [-0.2, -0.15) is 0 Å². The molecule has 0 aliphatic rings. The summed E-state index contributed by atoms with van der Waals surface area (Å²) in [6.45, 7) is 1.94. The molecule has 26 heavy (non-hydrogen) atoms. The lowest BCUT2D eigenvalue weighted by Gasteiger charge is -2.19. The Labute approximate surface area is 157 Å². The smallest absolute Gasteiger partial charge is 0.321 e. The third kappa shape index (κ3) is 4.73. The van der Waals surface area contributed by atoms with Crippen molar-refractivity contribution in [2.45, 2.75) is 13.5 Å². The number of urea groups is 1. The van der Waals surface area contributed by atoms with E-state index >= 15 is 0 Å². The summed E-state index contributed by atoms with van der Waals surface area (Å²) in [7, 11) is 4.87. The van der Waals surface area contributed by atoms with Gasteiger partial charge in [0.1, 0.15) is 5.82 Å². The summed E-state index contributed by atoms with van der Waals surface area (Å²) in [5, 5.41) is 2.89. The number of amides is 3. The monoisotopic (exact) mass is 377 g/mol. The van der Waals surface area contributed by atoms with Crippen LogP contribution in [0.15, 0.2) is 36.4 Å². The van der Waals surface area contributed by atoms with Crippen molar-refractivity contribution in [1.29, 1.82) is 0 Å². The molecular weight excluding hydrogens is 357 g/mol. The van der Waals surface area contributed by atoms with E-state index in [-0.39, 0.29) is 29.3 Å². The number of carbonyl (C=O) groups excluding carboxylic acids is 2. The van der Waals surface area contributed by atoms with Crippen LogP contribution in [0, 0.1) is 12.7 Å². The Kier molecular flexibility index (Phi) is 6.21. The topological polar surface area (TPSA) is 52.7 Å². The minimum absolute atomic E-state index is 0.230. The van der Waals surface area contributed by atoms with Crippen LogP contribution in [0.25, 0.3) is 0 Å². The van der Waals surface area contributed by atoms with Crippen molar-refractivity contribution in [2.75, 3.05) is 26.5 Å². The third-order valence-corrected chi connectivity index (χ3v) is 4.17. The number of hydrogen-bond donors (Lipinski definition) is 1. The van der Waals surface area contributed by atoms with Gasteiger partial charge in [0, 0.05) is 33.4 Å². The molecule has 7 heteroatoms. The van der Waals surface area contributed by atoms with Gasteiger partial charge in [-0.1, -0.05) is 23.7 Å². The number of carbonyl (C=O) groups is 2. The third-order valence-electron chi connectivity index (χ3n) is 3.86. The number of aryl methyl sites for hydroxylation is 1. The van der Waals surface area contributed by atoms with Crippen LogP contribution >= 0.6 is 11.6 Å². The molecule has 0 radical (unpaired) electrons. The fraction of sp³-hybridized carbons (Fsp3) is 0.263. The highest BCUT2D eigenvalue weighted by atomic mass is 35.5. The summed E-state index contributed by atoms with van der Waals surface area (Å²) in [6, 6.07) is 9.28. The Morgan fingerprint density at radius 3 is 2.38 bits per heavy atom. The lowest BCUT2D eigenvalue weighted by molar-refractivity contribution is 0.0785. The Bertz CT molecular complexity index is 840. The van der Waals surface area contributed by atoms with Crippen molar-refractivity contribution in [3.05, 3.63) is 63.9 Å². The lowest BCUT2D eigenvalue weighted by atomic mass is 10.1. The summed E-state index contributed by atoms with van der Waals surface area (Å²) >= 11 is 6.21. The van der Waals surface area contributed by atoms with Crippen molar-refractivity contribution < 1.29 is 14.0 Å². The first-order valence-corrected chi connectivity index (χ1v) is 8.35. The highest BCUT2D eigenvalue weighted by molar-refractivity contribution is 6.34. The number of rotatable bonds is 4. The molecule has 2 rings (SSSR count). The molecule has 0 spiro atoms. The maximum Gasteiger partial charge on any atom is 0.321 e. The van der Waals surface area contributed by atoms with Crippen LogP contribution in [0.1, 0.15) is 21.5 Å². The van der Waals surface area contributed by atoms with E-state index in [0.717, 1.165) is 0 Å². The van der Waals surface area contributed by atoms with Gasteiger partial charge in [-0.25, -0.2) is 9.18 Å². The van der Waals surface area contributed by atoms with Gasteiger partial charge < -0.3 is 15.1 Å². The first-order valence-electron chi connectivity index (χ1n) is 7.97. The summed E-state index contributed by atoms with van der Waals surface area (Å²) in [5.41, 5.74) is 2.05. The van der Waals surface area contributed by atoms with Crippen LogP contribution in [0.5, 0.6) is 0 Å². The quantitative estimate of drug-likeness (QED) is 0.870. The van der Waals surface area contributed by atoms with E-state index < -0.39 is 0 Å². The highest BCUT2D eigenvalue weighted by Gasteiger charge is 2.17. The molecule has 0 aliphatic carbocycles. The second kappa shape index (κ2) is 8.19. The lowest BCUT2D eigenvalue weighted by Crippen LogP contribution is -2.28. The standard InChI is InChI=1S/C19H21ClFN3O2/c1-12-5-6-13(9-17(12)21)11-24(4)18(25)15-8-7-14(10-16(15)20)22-19(26)23(2)3/h5-10H,11H2,1-4H3,(H,22,26). The zero-order valence-electron chi connectivity index (χ0n) is 15.1. The zero-order valence-corrected chi connectivity index (χ0v) is 15.9. The molecule has 0 unspecified atom stereocenters. The van der Waals surface area contributed by atoms with Crippen LogP contribution in [-0.4, -0.2) is 42.9 Å². The Balaban J connectivity index is 2.12. The van der Waals surface area contributed by atoms with Gasteiger partial charge in [-0.05, 0) is 42.3 Å². The van der Waals surface area contributed by atoms with E-state index in [4.69, 9.17) is 11.6 Å². The number of hydrogen-bond acceptors (Lipinski definition) is 2. The largest absolute Gasteiger partial charge is 0.337 e. The molecule has 0 aromatic heterocycles. The van der Waals surface area contributed by atoms with Crippen molar-refractivity contribution >= 4 is 29.2 Å². The SMILES string of the molecule is Cc1ccc(CN(C)C(=O)c2ccc(NC(=O)N(C)C)cc2Cl)cc1F. The van der Waals surface area contributed by atoms with E-state index in [1.807, 2.05) is 0 Å². The van der Waals surface area contributed by atoms with Crippen LogP contribution in [-0.2, 0) is 6.54 Å². The molecule has 138 valence electrons. The molecule has 0 aliphatic heterocycles. The second-order valence-corrected chi connectivity index (χ2v) is 6.67. The predicted octanol–water partition coefficient (Wildman–Crippen LogP) is 4.15. The van der Waals surface area contributed by atoms with Gasteiger partial charge in [0.05, 0.1) is 10.6 Å². The van der Waals surface area contributed by atoms with E-state index in [2.05, 4.69) is 5.32 Å². The summed E-state index contributed by atoms with van der Waals surface area (Å²) in [6.07, 6.45) is 0. The fourth-order valence-electron chi connectivity index (χ4n) is 2.29. The zero-order chi connectivity index (χ0) is 19.4. The fourth-order valence-corrected chi connectivity index (χ4v) is 2.55. The van der Waals surface area contributed by atoms with Crippen molar-refractivity contribution in [3.63, 3.8) is 0 Å². The van der Waals surface area contributed by atoms with Gasteiger partial charge in [0.2, 0.25) is 0 Å². The minimum Gasteiger partial charge on any atom is -0.337 e. The van der Waals surface area contributed by atoms with Crippen molar-refractivity contribution in [3.8, 4) is 0 Å². The average molecular weight is 378 g/mol. The summed E-state index contributed by atoms with van der Waals surface area (Å²) in [4.78, 5) is 27.1.